The maximum atomic E-state index is 9.97. The summed E-state index contributed by atoms with van der Waals surface area (Å²) in [6.07, 6.45) is 0. The molecule has 3 nitrogen and oxygen atoms in total. The van der Waals surface area contributed by atoms with Gasteiger partial charge >= 0.3 is 103 Å². The van der Waals surface area contributed by atoms with E-state index in [9.17, 15) is 10.0 Å². The van der Waals surface area contributed by atoms with Crippen LogP contribution in [0.4, 0.5) is 0 Å². The maximum Gasteiger partial charge on any atom is 1.00 e. The number of halogens is 1. The van der Waals surface area contributed by atoms with Crippen LogP contribution < -0.4 is 117 Å². The standard InChI is InChI=1S/C6H4BClO3.2K/c8-5-1-3-6(4-2-5)11-7(9)10;;/h1-4H;;/q-2;2*+1. The van der Waals surface area contributed by atoms with E-state index in [2.05, 4.69) is 4.65 Å². The Morgan fingerprint density at radius 1 is 1.08 bits per heavy atom. The molecule has 13 heavy (non-hydrogen) atoms. The largest absolute Gasteiger partial charge is 1.00 e. The van der Waals surface area contributed by atoms with Gasteiger partial charge in [-0.3, -0.25) is 0 Å². The monoisotopic (exact) mass is 248 g/mol. The summed E-state index contributed by atoms with van der Waals surface area (Å²) in [5.74, 6) is 0.240. The molecular weight excluding hydrogens is 245 g/mol. The second-order valence-corrected chi connectivity index (χ2v) is 2.30. The molecule has 0 bridgehead atoms. The van der Waals surface area contributed by atoms with Crippen LogP contribution in [0.15, 0.2) is 24.3 Å². The summed E-state index contributed by atoms with van der Waals surface area (Å²) in [7, 11) is -2.28. The molecule has 58 valence electrons. The SMILES string of the molecule is [K+].[K+].[O-]B([O-])Oc1ccc(Cl)cc1. The molecular formula is C6H4BClK2O3. The van der Waals surface area contributed by atoms with E-state index in [4.69, 9.17) is 11.6 Å². The average Bonchev–Trinajstić information content (AvgIpc) is 1.93. The van der Waals surface area contributed by atoms with Crippen LogP contribution in [0.2, 0.25) is 5.02 Å². The molecule has 0 saturated heterocycles. The molecule has 0 aliphatic rings. The van der Waals surface area contributed by atoms with Crippen molar-refractivity contribution < 1.29 is 117 Å². The van der Waals surface area contributed by atoms with E-state index < -0.39 is 7.32 Å². The molecule has 0 aliphatic heterocycles. The van der Waals surface area contributed by atoms with Gasteiger partial charge in [-0.25, -0.2) is 0 Å². The molecule has 0 amide bonds. The Morgan fingerprint density at radius 2 is 1.54 bits per heavy atom. The van der Waals surface area contributed by atoms with Gasteiger partial charge in [0.15, 0.2) is 0 Å². The Morgan fingerprint density at radius 3 is 1.92 bits per heavy atom. The molecule has 0 N–H and O–H groups in total. The molecule has 0 fully saturated rings. The van der Waals surface area contributed by atoms with Crippen molar-refractivity contribution in [3.05, 3.63) is 29.3 Å². The predicted molar refractivity (Wildman–Crippen MR) is 37.8 cm³/mol. The number of benzene rings is 1. The van der Waals surface area contributed by atoms with Gasteiger partial charge in [-0.15, -0.1) is 0 Å². The topological polar surface area (TPSA) is 55.3 Å². The van der Waals surface area contributed by atoms with Crippen molar-refractivity contribution >= 4 is 18.9 Å². The van der Waals surface area contributed by atoms with Gasteiger partial charge in [0.1, 0.15) is 7.32 Å². The Hall–Kier alpha value is 2.57. The van der Waals surface area contributed by atoms with E-state index in [1.54, 1.807) is 12.1 Å². The first-order valence-electron chi connectivity index (χ1n) is 2.92. The van der Waals surface area contributed by atoms with E-state index in [1.165, 1.54) is 12.1 Å². The zero-order valence-electron chi connectivity index (χ0n) is 7.49. The fourth-order valence-corrected chi connectivity index (χ4v) is 0.750. The van der Waals surface area contributed by atoms with Gasteiger partial charge in [0, 0.05) is 5.02 Å². The molecule has 0 aromatic heterocycles. The summed E-state index contributed by atoms with van der Waals surface area (Å²) >= 11 is 5.54. The van der Waals surface area contributed by atoms with Gasteiger partial charge in [-0.1, -0.05) is 11.6 Å². The van der Waals surface area contributed by atoms with Crippen molar-refractivity contribution in [2.45, 2.75) is 0 Å². The fraction of sp³-hybridized carbons (Fsp3) is 0. The second-order valence-electron chi connectivity index (χ2n) is 1.86. The fourth-order valence-electron chi connectivity index (χ4n) is 0.624. The van der Waals surface area contributed by atoms with E-state index in [-0.39, 0.29) is 109 Å². The molecule has 0 radical (unpaired) electrons. The van der Waals surface area contributed by atoms with Crippen LogP contribution in [0.1, 0.15) is 0 Å². The quantitative estimate of drug-likeness (QED) is 0.489. The smallest absolute Gasteiger partial charge is 0.860 e. The zero-order valence-corrected chi connectivity index (χ0v) is 14.5. The first kappa shape index (κ1) is 17.9. The first-order chi connectivity index (χ1) is 5.18. The minimum absolute atomic E-state index is 0. The first-order valence-corrected chi connectivity index (χ1v) is 3.30. The third-order valence-corrected chi connectivity index (χ3v) is 1.30. The summed E-state index contributed by atoms with van der Waals surface area (Å²) in [4.78, 5) is 0. The molecule has 1 aromatic rings. The molecule has 1 rings (SSSR count). The van der Waals surface area contributed by atoms with Gasteiger partial charge in [0.05, 0.1) is 5.75 Å². The van der Waals surface area contributed by atoms with E-state index in [0.717, 1.165) is 0 Å². The predicted octanol–water partition coefficient (Wildman–Crippen LogP) is -6.57. The maximum absolute atomic E-state index is 9.97. The molecule has 1 aromatic carbocycles. The zero-order chi connectivity index (χ0) is 8.27. The average molecular weight is 249 g/mol. The third kappa shape index (κ3) is 8.38. The third-order valence-electron chi connectivity index (χ3n) is 1.05. The minimum Gasteiger partial charge on any atom is -0.860 e. The molecule has 0 saturated carbocycles. The summed E-state index contributed by atoms with van der Waals surface area (Å²) in [5, 5.41) is 20.5. The summed E-state index contributed by atoms with van der Waals surface area (Å²) in [6.45, 7) is 0. The Labute approximate surface area is 167 Å². The van der Waals surface area contributed by atoms with Crippen molar-refractivity contribution in [2.75, 3.05) is 0 Å². The van der Waals surface area contributed by atoms with Crippen LogP contribution in [0.25, 0.3) is 0 Å². The molecule has 0 atom stereocenters. The molecule has 0 aliphatic carbocycles. The van der Waals surface area contributed by atoms with Crippen LogP contribution in [-0.4, -0.2) is 7.32 Å². The normalized spacial score (nSPS) is 7.92. The molecule has 0 unspecified atom stereocenters. The van der Waals surface area contributed by atoms with Crippen molar-refractivity contribution in [3.8, 4) is 5.75 Å². The summed E-state index contributed by atoms with van der Waals surface area (Å²) < 4.78 is 4.30. The van der Waals surface area contributed by atoms with E-state index >= 15 is 0 Å². The van der Waals surface area contributed by atoms with Gasteiger partial charge in [0.2, 0.25) is 0 Å². The van der Waals surface area contributed by atoms with Crippen LogP contribution in [0, 0.1) is 0 Å². The van der Waals surface area contributed by atoms with Crippen LogP contribution in [0.5, 0.6) is 5.75 Å². The Bertz CT molecular complexity index is 232. The van der Waals surface area contributed by atoms with Gasteiger partial charge in [0.25, 0.3) is 0 Å². The molecule has 0 heterocycles. The number of rotatable bonds is 2. The minimum atomic E-state index is -2.28. The van der Waals surface area contributed by atoms with E-state index in [0.29, 0.717) is 5.02 Å². The Balaban J connectivity index is 0. The summed E-state index contributed by atoms with van der Waals surface area (Å²) in [6, 6.07) is 6.01. The van der Waals surface area contributed by atoms with Crippen molar-refractivity contribution in [1.82, 2.24) is 0 Å². The number of hydrogen-bond donors (Lipinski definition) is 0. The van der Waals surface area contributed by atoms with Crippen LogP contribution in [-0.2, 0) is 0 Å². The van der Waals surface area contributed by atoms with Crippen molar-refractivity contribution in [2.24, 2.45) is 0 Å². The van der Waals surface area contributed by atoms with Crippen molar-refractivity contribution in [1.29, 1.82) is 0 Å². The van der Waals surface area contributed by atoms with Gasteiger partial charge in [-0.05, 0) is 24.3 Å². The molecule has 7 heteroatoms. The van der Waals surface area contributed by atoms with Gasteiger partial charge < -0.3 is 14.7 Å². The number of hydrogen-bond acceptors (Lipinski definition) is 3. The van der Waals surface area contributed by atoms with Crippen molar-refractivity contribution in [3.63, 3.8) is 0 Å². The second kappa shape index (κ2) is 9.77. The van der Waals surface area contributed by atoms with Crippen LogP contribution in [0.3, 0.4) is 0 Å². The summed E-state index contributed by atoms with van der Waals surface area (Å²) in [5.41, 5.74) is 0. The Kier molecular flexibility index (Phi) is 13.5. The molecule has 0 spiro atoms. The van der Waals surface area contributed by atoms with E-state index in [1.807, 2.05) is 0 Å². The van der Waals surface area contributed by atoms with Crippen LogP contribution >= 0.6 is 11.6 Å². The van der Waals surface area contributed by atoms with Gasteiger partial charge in [-0.2, -0.15) is 0 Å².